The highest BCUT2D eigenvalue weighted by atomic mass is 32.2. The van der Waals surface area contributed by atoms with Crippen LogP contribution >= 0.6 is 0 Å². The highest BCUT2D eigenvalue weighted by Gasteiger charge is 2.48. The Labute approximate surface area is 195 Å². The Morgan fingerprint density at radius 3 is 2.36 bits per heavy atom. The summed E-state index contributed by atoms with van der Waals surface area (Å²) in [5.74, 6) is 2.17. The number of pyridine rings is 1. The van der Waals surface area contributed by atoms with E-state index in [0.717, 1.165) is 61.1 Å². The first-order chi connectivity index (χ1) is 15.6. The van der Waals surface area contributed by atoms with E-state index < -0.39 is 10.0 Å². The van der Waals surface area contributed by atoms with Gasteiger partial charge in [0.1, 0.15) is 17.3 Å². The minimum atomic E-state index is -3.51. The van der Waals surface area contributed by atoms with Gasteiger partial charge in [-0.05, 0) is 63.3 Å². The van der Waals surface area contributed by atoms with Crippen molar-refractivity contribution in [1.29, 1.82) is 0 Å². The largest absolute Gasteiger partial charge is 0.436 e. The predicted octanol–water partition coefficient (Wildman–Crippen LogP) is 3.37. The summed E-state index contributed by atoms with van der Waals surface area (Å²) in [5.41, 5.74) is 3.35. The maximum atomic E-state index is 12.6. The van der Waals surface area contributed by atoms with Gasteiger partial charge in [-0.1, -0.05) is 17.7 Å². The first-order valence-corrected chi connectivity index (χ1v) is 13.3. The topological polar surface area (TPSA) is 91.8 Å². The zero-order valence-corrected chi connectivity index (χ0v) is 20.3. The number of fused-ring (bicyclic) bond motifs is 2. The Kier molecular flexibility index (Phi) is 5.27. The van der Waals surface area contributed by atoms with E-state index in [1.165, 1.54) is 0 Å². The van der Waals surface area contributed by atoms with Crippen LogP contribution in [0.15, 0.2) is 24.3 Å². The zero-order chi connectivity index (χ0) is 23.5. The van der Waals surface area contributed by atoms with Crippen LogP contribution in [0.1, 0.15) is 36.0 Å². The first kappa shape index (κ1) is 22.0. The van der Waals surface area contributed by atoms with Crippen molar-refractivity contribution in [3.05, 3.63) is 41.0 Å². The maximum absolute atomic E-state index is 12.6. The van der Waals surface area contributed by atoms with E-state index in [0.29, 0.717) is 17.3 Å². The monoisotopic (exact) mass is 470 g/mol. The molecule has 5 rings (SSSR count). The quantitative estimate of drug-likeness (QED) is 0.696. The number of aryl methyl sites for hydroxylation is 3. The van der Waals surface area contributed by atoms with E-state index in [4.69, 9.17) is 9.72 Å². The highest BCUT2D eigenvalue weighted by molar-refractivity contribution is 7.92. The van der Waals surface area contributed by atoms with Gasteiger partial charge in [0.15, 0.2) is 0 Å². The second-order valence-corrected chi connectivity index (χ2v) is 11.4. The van der Waals surface area contributed by atoms with Gasteiger partial charge in [-0.25, -0.2) is 8.42 Å². The second kappa shape index (κ2) is 7.90. The lowest BCUT2D eigenvalue weighted by atomic mass is 10.1. The number of anilines is 2. The number of hydrogen-bond donors (Lipinski definition) is 1. The molecule has 176 valence electrons. The summed E-state index contributed by atoms with van der Waals surface area (Å²) in [5, 5.41) is 0. The van der Waals surface area contributed by atoms with Gasteiger partial charge < -0.3 is 14.5 Å². The third kappa shape index (κ3) is 4.38. The van der Waals surface area contributed by atoms with E-state index in [1.807, 2.05) is 39.0 Å². The van der Waals surface area contributed by atoms with Crippen molar-refractivity contribution >= 4 is 27.4 Å². The molecule has 2 atom stereocenters. The van der Waals surface area contributed by atoms with Gasteiger partial charge in [0.05, 0.1) is 18.3 Å². The van der Waals surface area contributed by atoms with Gasteiger partial charge in [-0.3, -0.25) is 9.52 Å². The molecule has 3 heterocycles. The van der Waals surface area contributed by atoms with Crippen molar-refractivity contribution in [3.8, 4) is 11.6 Å². The van der Waals surface area contributed by atoms with Gasteiger partial charge in [0.25, 0.3) is 0 Å². The molecule has 8 nitrogen and oxygen atoms in total. The summed E-state index contributed by atoms with van der Waals surface area (Å²) >= 11 is 0. The van der Waals surface area contributed by atoms with E-state index in [-0.39, 0.29) is 23.9 Å². The van der Waals surface area contributed by atoms with Crippen LogP contribution in [0.3, 0.4) is 0 Å². The molecule has 1 aromatic heterocycles. The van der Waals surface area contributed by atoms with Crippen LogP contribution in [0.25, 0.3) is 0 Å². The number of ether oxygens (including phenoxy) is 1. The number of likely N-dealkylation sites (tertiary alicyclic amines) is 1. The number of aromatic nitrogens is 1. The van der Waals surface area contributed by atoms with Crippen LogP contribution in [0.5, 0.6) is 11.6 Å². The number of hydrogen-bond acceptors (Lipinski definition) is 6. The minimum Gasteiger partial charge on any atom is -0.436 e. The van der Waals surface area contributed by atoms with E-state index >= 15 is 0 Å². The summed E-state index contributed by atoms with van der Waals surface area (Å²) in [6.07, 6.45) is 4.09. The second-order valence-electron chi connectivity index (χ2n) is 9.69. The van der Waals surface area contributed by atoms with Crippen molar-refractivity contribution < 1.29 is 17.9 Å². The Hall–Kier alpha value is -2.81. The van der Waals surface area contributed by atoms with Gasteiger partial charge in [0.2, 0.25) is 21.8 Å². The molecule has 9 heteroatoms. The molecule has 1 amide bonds. The molecule has 2 aliphatic heterocycles. The number of benzene rings is 1. The number of amides is 1. The minimum absolute atomic E-state index is 0.213. The first-order valence-electron chi connectivity index (χ1n) is 11.4. The fourth-order valence-corrected chi connectivity index (χ4v) is 5.71. The van der Waals surface area contributed by atoms with Gasteiger partial charge in [-0.15, -0.1) is 0 Å². The van der Waals surface area contributed by atoms with Gasteiger partial charge >= 0.3 is 0 Å². The third-order valence-electron chi connectivity index (χ3n) is 6.69. The normalized spacial score (nSPS) is 22.1. The summed E-state index contributed by atoms with van der Waals surface area (Å²) in [6.45, 7) is 7.41. The molecule has 2 saturated heterocycles. The number of sulfonamides is 1. The number of carbonyl (C=O) groups is 1. The Morgan fingerprint density at radius 1 is 1.09 bits per heavy atom. The molecule has 2 unspecified atom stereocenters. The summed E-state index contributed by atoms with van der Waals surface area (Å²) in [7, 11) is -3.51. The molecule has 1 N–H and O–H groups in total. The molecular weight excluding hydrogens is 440 g/mol. The molecule has 3 fully saturated rings. The number of carbonyl (C=O) groups excluding carboxylic acids is 1. The van der Waals surface area contributed by atoms with Crippen molar-refractivity contribution in [2.45, 2.75) is 52.1 Å². The van der Waals surface area contributed by atoms with E-state index in [2.05, 4.69) is 14.5 Å². The Balaban J connectivity index is 1.44. The van der Waals surface area contributed by atoms with Crippen molar-refractivity contribution in [3.63, 3.8) is 0 Å². The van der Waals surface area contributed by atoms with E-state index in [9.17, 15) is 13.2 Å². The molecular formula is C24H30N4O4S. The lowest BCUT2D eigenvalue weighted by Crippen LogP contribution is -2.49. The van der Waals surface area contributed by atoms with Crippen LogP contribution in [-0.2, 0) is 14.8 Å². The van der Waals surface area contributed by atoms with Crippen LogP contribution in [0.4, 0.5) is 11.5 Å². The standard InChI is InChI=1S/C24H30N4O4S/c1-14-9-15(2)22(16(3)10-14)32-23-20(26-33(4,30)31)7-8-21(25-23)27-12-19-11-18(27)13-28(19)24(29)17-5-6-17/h7-10,17-19,26H,5-6,11-13H2,1-4H3. The van der Waals surface area contributed by atoms with Crippen LogP contribution in [-0.4, -0.2) is 55.6 Å². The highest BCUT2D eigenvalue weighted by Crippen LogP contribution is 2.40. The van der Waals surface area contributed by atoms with Crippen molar-refractivity contribution in [2.24, 2.45) is 5.92 Å². The Bertz CT molecular complexity index is 1200. The molecule has 1 aromatic carbocycles. The van der Waals surface area contributed by atoms with Crippen LogP contribution < -0.4 is 14.4 Å². The smallest absolute Gasteiger partial charge is 0.245 e. The fraction of sp³-hybridized carbons (Fsp3) is 0.500. The zero-order valence-electron chi connectivity index (χ0n) is 19.5. The van der Waals surface area contributed by atoms with Gasteiger partial charge in [-0.2, -0.15) is 4.98 Å². The third-order valence-corrected chi connectivity index (χ3v) is 7.28. The number of piperazine rings is 1. The average molecular weight is 471 g/mol. The summed E-state index contributed by atoms with van der Waals surface area (Å²) in [4.78, 5) is 21.6. The lowest BCUT2D eigenvalue weighted by molar-refractivity contribution is -0.133. The molecule has 2 aromatic rings. The average Bonchev–Trinajstić information content (AvgIpc) is 3.38. The predicted molar refractivity (Wildman–Crippen MR) is 127 cm³/mol. The van der Waals surface area contributed by atoms with Crippen LogP contribution in [0, 0.1) is 26.7 Å². The molecule has 33 heavy (non-hydrogen) atoms. The van der Waals surface area contributed by atoms with Crippen molar-refractivity contribution in [2.75, 3.05) is 29.0 Å². The molecule has 0 spiro atoms. The maximum Gasteiger partial charge on any atom is 0.245 e. The summed E-state index contributed by atoms with van der Waals surface area (Å²) in [6, 6.07) is 8.01. The number of nitrogens with zero attached hydrogens (tertiary/aromatic N) is 3. The van der Waals surface area contributed by atoms with Crippen LogP contribution in [0.2, 0.25) is 0 Å². The SMILES string of the molecule is Cc1cc(C)c(Oc2nc(N3CC4CC3CN4C(=O)C3CC3)ccc2NS(C)(=O)=O)c(C)c1. The molecule has 2 bridgehead atoms. The number of rotatable bonds is 6. The fourth-order valence-electron chi connectivity index (χ4n) is 5.15. The number of nitrogens with one attached hydrogen (secondary N) is 1. The molecule has 1 aliphatic carbocycles. The van der Waals surface area contributed by atoms with Gasteiger partial charge in [0, 0.05) is 19.0 Å². The molecule has 3 aliphatic rings. The van der Waals surface area contributed by atoms with Crippen molar-refractivity contribution in [1.82, 2.24) is 9.88 Å². The summed E-state index contributed by atoms with van der Waals surface area (Å²) < 4.78 is 32.6. The molecule has 0 radical (unpaired) electrons. The lowest BCUT2D eigenvalue weighted by Gasteiger charge is -2.35. The Morgan fingerprint density at radius 2 is 1.79 bits per heavy atom. The van der Waals surface area contributed by atoms with E-state index in [1.54, 1.807) is 6.07 Å². The molecule has 1 saturated carbocycles.